The van der Waals surface area contributed by atoms with Crippen LogP contribution >= 0.6 is 0 Å². The lowest BCUT2D eigenvalue weighted by molar-refractivity contribution is -0.141. The highest BCUT2D eigenvalue weighted by Gasteiger charge is 2.41. The molecular formula is C18H23F3N6O. The molecule has 0 bridgehead atoms. The van der Waals surface area contributed by atoms with Gasteiger partial charge in [0, 0.05) is 31.0 Å². The Balaban J connectivity index is 1.65. The number of H-pyrrole nitrogens is 1. The Kier molecular flexibility index (Phi) is 5.57. The number of anilines is 1. The van der Waals surface area contributed by atoms with Gasteiger partial charge >= 0.3 is 6.18 Å². The summed E-state index contributed by atoms with van der Waals surface area (Å²) in [5, 5.41) is 3.20. The first kappa shape index (κ1) is 20.1. The summed E-state index contributed by atoms with van der Waals surface area (Å²) in [6, 6.07) is 1.92. The molecule has 0 radical (unpaired) electrons. The van der Waals surface area contributed by atoms with E-state index < -0.39 is 23.5 Å². The number of imidazole rings is 1. The number of nitrogens with zero attached hydrogens (tertiary/aromatic N) is 4. The smallest absolute Gasteiger partial charge is 0.354 e. The number of hydrogen-bond acceptors (Lipinski definition) is 5. The third-order valence-electron chi connectivity index (χ3n) is 4.97. The molecule has 1 aliphatic heterocycles. The highest BCUT2D eigenvalue weighted by molar-refractivity contribution is 5.93. The topological polar surface area (TPSA) is 86.8 Å². The van der Waals surface area contributed by atoms with Gasteiger partial charge in [0.05, 0.1) is 6.33 Å². The molecule has 1 amide bonds. The number of carbonyl (C=O) groups is 1. The van der Waals surface area contributed by atoms with E-state index in [2.05, 4.69) is 20.3 Å². The number of likely N-dealkylation sites (tertiary alicyclic amines) is 1. The van der Waals surface area contributed by atoms with Crippen LogP contribution in [0.5, 0.6) is 0 Å². The van der Waals surface area contributed by atoms with Crippen LogP contribution in [0.15, 0.2) is 12.4 Å². The van der Waals surface area contributed by atoms with Crippen molar-refractivity contribution in [2.75, 3.05) is 25.0 Å². The maximum atomic E-state index is 13.0. The minimum Gasteiger partial charge on any atom is -0.354 e. The molecule has 1 saturated heterocycles. The molecule has 2 aromatic heterocycles. The molecule has 28 heavy (non-hydrogen) atoms. The van der Waals surface area contributed by atoms with Crippen molar-refractivity contribution in [3.63, 3.8) is 0 Å². The molecule has 7 nitrogen and oxygen atoms in total. The van der Waals surface area contributed by atoms with Gasteiger partial charge in [0.15, 0.2) is 11.4 Å². The Hall–Kier alpha value is -2.65. The lowest BCUT2D eigenvalue weighted by atomic mass is 9.98. The minimum atomic E-state index is -4.65. The van der Waals surface area contributed by atoms with Crippen LogP contribution < -0.4 is 5.32 Å². The lowest BCUT2D eigenvalue weighted by Crippen LogP contribution is -2.31. The molecule has 0 aliphatic carbocycles. The largest absolute Gasteiger partial charge is 0.433 e. The highest BCUT2D eigenvalue weighted by atomic mass is 19.4. The number of aromatic amines is 1. The second kappa shape index (κ2) is 7.76. The van der Waals surface area contributed by atoms with E-state index in [1.54, 1.807) is 0 Å². The summed E-state index contributed by atoms with van der Waals surface area (Å²) >= 11 is 0. The first-order valence-corrected chi connectivity index (χ1v) is 9.17. The molecule has 2 unspecified atom stereocenters. The molecule has 0 spiro atoms. The minimum absolute atomic E-state index is 0.0754. The van der Waals surface area contributed by atoms with Gasteiger partial charge in [-0.15, -0.1) is 0 Å². The second-order valence-corrected chi connectivity index (χ2v) is 7.13. The molecule has 152 valence electrons. The molecule has 1 aliphatic rings. The fourth-order valence-electron chi connectivity index (χ4n) is 3.40. The quantitative estimate of drug-likeness (QED) is 0.812. The molecular weight excluding hydrogens is 373 g/mol. The normalized spacial score (nSPS) is 19.9. The van der Waals surface area contributed by atoms with Gasteiger partial charge in [-0.25, -0.2) is 15.0 Å². The van der Waals surface area contributed by atoms with Crippen molar-refractivity contribution in [3.8, 4) is 0 Å². The summed E-state index contributed by atoms with van der Waals surface area (Å²) < 4.78 is 39.1. The van der Waals surface area contributed by atoms with Crippen molar-refractivity contribution >= 4 is 11.9 Å². The van der Waals surface area contributed by atoms with Gasteiger partial charge in [-0.2, -0.15) is 13.2 Å². The van der Waals surface area contributed by atoms with Crippen LogP contribution in [0.3, 0.4) is 0 Å². The predicted octanol–water partition coefficient (Wildman–Crippen LogP) is 2.91. The van der Waals surface area contributed by atoms with E-state index in [1.165, 1.54) is 4.90 Å². The van der Waals surface area contributed by atoms with Crippen molar-refractivity contribution in [3.05, 3.63) is 35.2 Å². The van der Waals surface area contributed by atoms with E-state index >= 15 is 0 Å². The fourth-order valence-corrected chi connectivity index (χ4v) is 3.40. The Bertz CT molecular complexity index is 850. The van der Waals surface area contributed by atoms with Crippen LogP contribution in [-0.4, -0.2) is 50.4 Å². The SMILES string of the molecule is CCc1cc(C)nc(NCC2CN(C(=O)c3nc[nH]c3C(F)(F)F)CC2C)n1. The Morgan fingerprint density at radius 2 is 2.11 bits per heavy atom. The zero-order valence-corrected chi connectivity index (χ0v) is 16.0. The van der Waals surface area contributed by atoms with Crippen molar-refractivity contribution in [1.29, 1.82) is 0 Å². The molecule has 1 fully saturated rings. The van der Waals surface area contributed by atoms with Crippen LogP contribution in [0, 0.1) is 18.8 Å². The number of amides is 1. The average molecular weight is 396 g/mol. The van der Waals surface area contributed by atoms with Crippen molar-refractivity contribution in [2.45, 2.75) is 33.4 Å². The van der Waals surface area contributed by atoms with Gasteiger partial charge < -0.3 is 15.2 Å². The molecule has 0 aromatic carbocycles. The third kappa shape index (κ3) is 4.26. The van der Waals surface area contributed by atoms with Gasteiger partial charge in [0.25, 0.3) is 5.91 Å². The first-order chi connectivity index (χ1) is 13.2. The first-order valence-electron chi connectivity index (χ1n) is 9.17. The van der Waals surface area contributed by atoms with Crippen molar-refractivity contribution < 1.29 is 18.0 Å². The monoisotopic (exact) mass is 396 g/mol. The number of aromatic nitrogens is 4. The fraction of sp³-hybridized carbons (Fsp3) is 0.556. The van der Waals surface area contributed by atoms with Crippen LogP contribution in [0.1, 0.15) is 41.4 Å². The summed E-state index contributed by atoms with van der Waals surface area (Å²) in [6.07, 6.45) is -2.95. The van der Waals surface area contributed by atoms with E-state index in [4.69, 9.17) is 0 Å². The number of halogens is 3. The van der Waals surface area contributed by atoms with Crippen molar-refractivity contribution in [1.82, 2.24) is 24.8 Å². The molecule has 2 N–H and O–H groups in total. The summed E-state index contributed by atoms with van der Waals surface area (Å²) in [7, 11) is 0. The summed E-state index contributed by atoms with van der Waals surface area (Å²) in [6.45, 7) is 7.15. The van der Waals surface area contributed by atoms with Gasteiger partial charge in [-0.3, -0.25) is 4.79 Å². The van der Waals surface area contributed by atoms with Gasteiger partial charge in [-0.1, -0.05) is 13.8 Å². The van der Waals surface area contributed by atoms with Gasteiger partial charge in [0.1, 0.15) is 0 Å². The zero-order valence-electron chi connectivity index (χ0n) is 16.0. The van der Waals surface area contributed by atoms with Gasteiger partial charge in [0.2, 0.25) is 5.95 Å². The predicted molar refractivity (Wildman–Crippen MR) is 96.8 cm³/mol. The molecule has 10 heteroatoms. The number of rotatable bonds is 5. The Morgan fingerprint density at radius 1 is 1.36 bits per heavy atom. The summed E-state index contributed by atoms with van der Waals surface area (Å²) in [5.74, 6) is 0.0232. The van der Waals surface area contributed by atoms with Crippen LogP contribution in [0.4, 0.5) is 19.1 Å². The molecule has 2 atom stereocenters. The summed E-state index contributed by atoms with van der Waals surface area (Å²) in [4.78, 5) is 28.4. The standard InChI is InChI=1S/C18H23F3N6O/c1-4-13-5-11(3)25-17(26-13)22-6-12-8-27(7-10(12)2)16(28)14-15(18(19,20)21)24-9-23-14/h5,9-10,12H,4,6-8H2,1-3H3,(H,23,24)(H,22,25,26). The number of nitrogens with one attached hydrogen (secondary N) is 2. The lowest BCUT2D eigenvalue weighted by Gasteiger charge is -2.17. The van der Waals surface area contributed by atoms with Crippen LogP contribution in [-0.2, 0) is 12.6 Å². The Morgan fingerprint density at radius 3 is 2.79 bits per heavy atom. The van der Waals surface area contributed by atoms with Crippen LogP contribution in [0.25, 0.3) is 0 Å². The maximum Gasteiger partial charge on any atom is 0.433 e. The molecule has 3 rings (SSSR count). The zero-order chi connectivity index (χ0) is 20.5. The van der Waals surface area contributed by atoms with E-state index in [0.717, 1.165) is 24.1 Å². The Labute approximate surface area is 160 Å². The molecule has 3 heterocycles. The second-order valence-electron chi connectivity index (χ2n) is 7.13. The van der Waals surface area contributed by atoms with E-state index in [1.807, 2.05) is 31.8 Å². The summed E-state index contributed by atoms with van der Waals surface area (Å²) in [5.41, 5.74) is 0.114. The average Bonchev–Trinajstić information content (AvgIpc) is 3.25. The molecule has 0 saturated carbocycles. The van der Waals surface area contributed by atoms with Crippen molar-refractivity contribution in [2.24, 2.45) is 11.8 Å². The van der Waals surface area contributed by atoms with E-state index in [9.17, 15) is 18.0 Å². The van der Waals surface area contributed by atoms with E-state index in [-0.39, 0.29) is 11.8 Å². The number of carbonyl (C=O) groups excluding carboxylic acids is 1. The maximum absolute atomic E-state index is 13.0. The molecule has 2 aromatic rings. The van der Waals surface area contributed by atoms with E-state index in [0.29, 0.717) is 25.6 Å². The number of aryl methyl sites for hydroxylation is 2. The number of hydrogen-bond donors (Lipinski definition) is 2. The van der Waals surface area contributed by atoms with Gasteiger partial charge in [-0.05, 0) is 31.2 Å². The van der Waals surface area contributed by atoms with Crippen LogP contribution in [0.2, 0.25) is 0 Å². The highest BCUT2D eigenvalue weighted by Crippen LogP contribution is 2.31. The third-order valence-corrected chi connectivity index (χ3v) is 4.97. The number of alkyl halides is 3.